The SMILES string of the molecule is COc1cc(C(C(C)=O)C(C)=O)cc(Oc2c(N)cc(C(C)C(=O)O)cc2N)c1OC(C)=O. The van der Waals surface area contributed by atoms with E-state index in [2.05, 4.69) is 0 Å². The third-order valence-corrected chi connectivity index (χ3v) is 4.91. The van der Waals surface area contributed by atoms with E-state index in [0.29, 0.717) is 5.56 Å². The van der Waals surface area contributed by atoms with Crippen molar-refractivity contribution in [3.05, 3.63) is 35.4 Å². The first-order chi connectivity index (χ1) is 15.4. The van der Waals surface area contributed by atoms with Crippen LogP contribution < -0.4 is 25.7 Å². The largest absolute Gasteiger partial charge is 0.493 e. The number of ketones is 2. The minimum atomic E-state index is -1.10. The highest BCUT2D eigenvalue weighted by Gasteiger charge is 2.27. The molecular weight excluding hydrogens is 432 g/mol. The van der Waals surface area contributed by atoms with Gasteiger partial charge in [-0.2, -0.15) is 0 Å². The van der Waals surface area contributed by atoms with Crippen LogP contribution in [0.2, 0.25) is 0 Å². The van der Waals surface area contributed by atoms with E-state index in [0.717, 1.165) is 0 Å². The molecule has 1 atom stereocenters. The standard InChI is InChI=1S/C23H26N2O8/c1-10(23(29)30)14-6-16(24)21(17(25)7-14)33-19-9-15(20(11(2)26)12(3)27)8-18(31-5)22(19)32-13(4)28/h6-10,20H,24-25H2,1-5H3,(H,29,30). The number of Topliss-reactive ketones (excluding diaryl/α,β-unsaturated/α-hetero) is 2. The molecule has 0 heterocycles. The number of nitrogens with two attached hydrogens (primary N) is 2. The first kappa shape index (κ1) is 25.2. The number of carbonyl (C=O) groups is 4. The highest BCUT2D eigenvalue weighted by molar-refractivity contribution is 6.05. The maximum atomic E-state index is 12.1. The van der Waals surface area contributed by atoms with E-state index in [1.54, 1.807) is 0 Å². The summed E-state index contributed by atoms with van der Waals surface area (Å²) in [5.41, 5.74) is 12.8. The Morgan fingerprint density at radius 3 is 1.79 bits per heavy atom. The average molecular weight is 458 g/mol. The minimum absolute atomic E-state index is 0.0221. The fourth-order valence-electron chi connectivity index (χ4n) is 3.31. The molecule has 2 aromatic carbocycles. The molecule has 2 rings (SSSR count). The molecule has 0 aliphatic heterocycles. The lowest BCUT2D eigenvalue weighted by Crippen LogP contribution is -2.17. The van der Waals surface area contributed by atoms with Gasteiger partial charge in [0.15, 0.2) is 17.2 Å². The number of benzene rings is 2. The van der Waals surface area contributed by atoms with Gasteiger partial charge in [-0.15, -0.1) is 0 Å². The number of nitrogen functional groups attached to an aromatic ring is 2. The lowest BCUT2D eigenvalue weighted by atomic mass is 9.91. The van der Waals surface area contributed by atoms with Gasteiger partial charge in [-0.05, 0) is 56.2 Å². The van der Waals surface area contributed by atoms with Crippen molar-refractivity contribution in [2.45, 2.75) is 39.5 Å². The molecule has 5 N–H and O–H groups in total. The van der Waals surface area contributed by atoms with Crippen LogP contribution in [-0.4, -0.2) is 35.7 Å². The number of aliphatic carboxylic acids is 1. The van der Waals surface area contributed by atoms with Gasteiger partial charge >= 0.3 is 11.9 Å². The van der Waals surface area contributed by atoms with Gasteiger partial charge in [0.1, 0.15) is 17.5 Å². The molecule has 0 saturated heterocycles. The molecule has 33 heavy (non-hydrogen) atoms. The van der Waals surface area contributed by atoms with E-state index < -0.39 is 35.3 Å². The topological polar surface area (TPSA) is 168 Å². The van der Waals surface area contributed by atoms with E-state index in [9.17, 15) is 24.3 Å². The molecule has 0 aliphatic rings. The van der Waals surface area contributed by atoms with Gasteiger partial charge in [0.25, 0.3) is 0 Å². The number of methoxy groups -OCH3 is 1. The summed E-state index contributed by atoms with van der Waals surface area (Å²) in [5, 5.41) is 9.24. The lowest BCUT2D eigenvalue weighted by Gasteiger charge is -2.20. The van der Waals surface area contributed by atoms with Gasteiger partial charge < -0.3 is 30.8 Å². The second kappa shape index (κ2) is 10.0. The summed E-state index contributed by atoms with van der Waals surface area (Å²) in [4.78, 5) is 47.2. The molecule has 0 radical (unpaired) electrons. The number of hydrogen-bond donors (Lipinski definition) is 3. The van der Waals surface area contributed by atoms with Crippen LogP contribution in [0, 0.1) is 0 Å². The minimum Gasteiger partial charge on any atom is -0.493 e. The Morgan fingerprint density at radius 1 is 0.848 bits per heavy atom. The van der Waals surface area contributed by atoms with Crippen LogP contribution in [-0.2, 0) is 19.2 Å². The highest BCUT2D eigenvalue weighted by atomic mass is 16.6. The van der Waals surface area contributed by atoms with Crippen molar-refractivity contribution in [3.8, 4) is 23.0 Å². The summed E-state index contributed by atoms with van der Waals surface area (Å²) in [6.07, 6.45) is 0. The van der Waals surface area contributed by atoms with Crippen LogP contribution in [0.15, 0.2) is 24.3 Å². The normalized spacial score (nSPS) is 11.6. The van der Waals surface area contributed by atoms with Crippen molar-refractivity contribution in [2.75, 3.05) is 18.6 Å². The van der Waals surface area contributed by atoms with E-state index in [4.69, 9.17) is 25.7 Å². The van der Waals surface area contributed by atoms with Crippen molar-refractivity contribution in [3.63, 3.8) is 0 Å². The van der Waals surface area contributed by atoms with Gasteiger partial charge in [-0.1, -0.05) is 0 Å². The predicted molar refractivity (Wildman–Crippen MR) is 120 cm³/mol. The average Bonchev–Trinajstić information content (AvgIpc) is 2.70. The van der Waals surface area contributed by atoms with Crippen LogP contribution in [0.3, 0.4) is 0 Å². The Morgan fingerprint density at radius 2 is 1.36 bits per heavy atom. The summed E-state index contributed by atoms with van der Waals surface area (Å²) in [7, 11) is 1.32. The number of carbonyl (C=O) groups excluding carboxylic acids is 3. The third kappa shape index (κ3) is 5.59. The molecule has 1 unspecified atom stereocenters. The highest BCUT2D eigenvalue weighted by Crippen LogP contribution is 2.45. The van der Waals surface area contributed by atoms with Crippen LogP contribution in [0.4, 0.5) is 11.4 Å². The second-order valence-corrected chi connectivity index (χ2v) is 7.49. The number of esters is 1. The van der Waals surface area contributed by atoms with Crippen molar-refractivity contribution in [1.82, 2.24) is 0 Å². The van der Waals surface area contributed by atoms with E-state index in [1.807, 2.05) is 0 Å². The zero-order valence-corrected chi connectivity index (χ0v) is 18.9. The van der Waals surface area contributed by atoms with Gasteiger partial charge in [0.2, 0.25) is 5.75 Å². The Balaban J connectivity index is 2.70. The Hall–Kier alpha value is -4.08. The van der Waals surface area contributed by atoms with Crippen LogP contribution in [0.5, 0.6) is 23.0 Å². The predicted octanol–water partition coefficient (Wildman–Crippen LogP) is 3.03. The molecule has 0 fully saturated rings. The quantitative estimate of drug-likeness (QED) is 0.220. The summed E-state index contributed by atoms with van der Waals surface area (Å²) in [6.45, 7) is 5.21. The molecule has 2 aromatic rings. The number of rotatable bonds is 9. The molecule has 10 nitrogen and oxygen atoms in total. The number of carboxylic acids is 1. The number of anilines is 2. The third-order valence-electron chi connectivity index (χ3n) is 4.91. The van der Waals surface area contributed by atoms with E-state index in [1.165, 1.54) is 59.1 Å². The molecular formula is C23H26N2O8. The van der Waals surface area contributed by atoms with Crippen molar-refractivity contribution >= 4 is 34.9 Å². The summed E-state index contributed by atoms with van der Waals surface area (Å²) in [5.74, 6) is -4.67. The molecule has 0 spiro atoms. The Bertz CT molecular complexity index is 1090. The maximum absolute atomic E-state index is 12.1. The van der Waals surface area contributed by atoms with Crippen molar-refractivity contribution in [1.29, 1.82) is 0 Å². The zero-order chi connectivity index (χ0) is 25.0. The van der Waals surface area contributed by atoms with E-state index >= 15 is 0 Å². The fourth-order valence-corrected chi connectivity index (χ4v) is 3.31. The molecule has 176 valence electrons. The van der Waals surface area contributed by atoms with Crippen LogP contribution in [0.1, 0.15) is 50.7 Å². The van der Waals surface area contributed by atoms with Crippen molar-refractivity contribution in [2.24, 2.45) is 0 Å². The summed E-state index contributed by atoms with van der Waals surface area (Å²) < 4.78 is 16.4. The summed E-state index contributed by atoms with van der Waals surface area (Å²) in [6, 6.07) is 5.58. The smallest absolute Gasteiger partial charge is 0.310 e. The first-order valence-corrected chi connectivity index (χ1v) is 9.88. The molecule has 0 aliphatic carbocycles. The lowest BCUT2D eigenvalue weighted by molar-refractivity contribution is -0.138. The molecule has 10 heteroatoms. The number of carboxylic acid groups (broad SMARTS) is 1. The second-order valence-electron chi connectivity index (χ2n) is 7.49. The van der Waals surface area contributed by atoms with Crippen LogP contribution >= 0.6 is 0 Å². The van der Waals surface area contributed by atoms with Gasteiger partial charge in [0, 0.05) is 6.92 Å². The maximum Gasteiger partial charge on any atom is 0.310 e. The monoisotopic (exact) mass is 458 g/mol. The van der Waals surface area contributed by atoms with Gasteiger partial charge in [-0.25, -0.2) is 0 Å². The van der Waals surface area contributed by atoms with Gasteiger partial charge in [-0.3, -0.25) is 19.2 Å². The fraction of sp³-hybridized carbons (Fsp3) is 0.304. The van der Waals surface area contributed by atoms with Crippen molar-refractivity contribution < 1.29 is 38.5 Å². The summed E-state index contributed by atoms with van der Waals surface area (Å²) >= 11 is 0. The van der Waals surface area contributed by atoms with E-state index in [-0.39, 0.29) is 39.9 Å². The molecule has 0 bridgehead atoms. The number of ether oxygens (including phenoxy) is 3. The Kier molecular flexibility index (Phi) is 7.65. The molecule has 0 aromatic heterocycles. The molecule has 0 amide bonds. The zero-order valence-electron chi connectivity index (χ0n) is 18.9. The van der Waals surface area contributed by atoms with Gasteiger partial charge in [0.05, 0.1) is 24.4 Å². The first-order valence-electron chi connectivity index (χ1n) is 9.88. The van der Waals surface area contributed by atoms with Crippen LogP contribution in [0.25, 0.3) is 0 Å². The molecule has 0 saturated carbocycles. The number of hydrogen-bond acceptors (Lipinski definition) is 9. The Labute approximate surface area is 190 Å².